The maximum absolute atomic E-state index is 12.9. The quantitative estimate of drug-likeness (QED) is 0.812. The molecule has 138 valence electrons. The SMILES string of the molecule is CCN(Cc1ccccc1C)C(=O)c1cccc(S(=O)(=O)NC2CC2)c1. The van der Waals surface area contributed by atoms with Crippen molar-refractivity contribution in [3.05, 3.63) is 65.2 Å². The fraction of sp³-hybridized carbons (Fsp3) is 0.350. The molecule has 26 heavy (non-hydrogen) atoms. The fourth-order valence-corrected chi connectivity index (χ4v) is 4.14. The number of nitrogens with zero attached hydrogens (tertiary/aromatic N) is 1. The molecule has 0 aliphatic heterocycles. The molecule has 0 spiro atoms. The molecule has 2 aromatic rings. The van der Waals surface area contributed by atoms with Crippen LogP contribution >= 0.6 is 0 Å². The molecule has 0 aromatic heterocycles. The van der Waals surface area contributed by atoms with Crippen LogP contribution in [0.5, 0.6) is 0 Å². The van der Waals surface area contributed by atoms with Crippen molar-refractivity contribution in [2.75, 3.05) is 6.54 Å². The molecular formula is C20H24N2O3S. The number of aryl methyl sites for hydroxylation is 1. The minimum Gasteiger partial charge on any atom is -0.335 e. The summed E-state index contributed by atoms with van der Waals surface area (Å²) in [6.07, 6.45) is 1.75. The largest absolute Gasteiger partial charge is 0.335 e. The monoisotopic (exact) mass is 372 g/mol. The van der Waals surface area contributed by atoms with E-state index in [4.69, 9.17) is 0 Å². The van der Waals surface area contributed by atoms with Gasteiger partial charge < -0.3 is 4.90 Å². The van der Waals surface area contributed by atoms with Crippen LogP contribution in [0.2, 0.25) is 0 Å². The van der Waals surface area contributed by atoms with E-state index < -0.39 is 10.0 Å². The van der Waals surface area contributed by atoms with Crippen molar-refractivity contribution in [3.63, 3.8) is 0 Å². The van der Waals surface area contributed by atoms with Gasteiger partial charge in [-0.2, -0.15) is 0 Å². The van der Waals surface area contributed by atoms with Gasteiger partial charge in [-0.15, -0.1) is 0 Å². The first kappa shape index (κ1) is 18.6. The van der Waals surface area contributed by atoms with Gasteiger partial charge in [0.2, 0.25) is 10.0 Å². The summed E-state index contributed by atoms with van der Waals surface area (Å²) in [5.74, 6) is -0.167. The number of sulfonamides is 1. The van der Waals surface area contributed by atoms with Crippen LogP contribution in [-0.2, 0) is 16.6 Å². The summed E-state index contributed by atoms with van der Waals surface area (Å²) >= 11 is 0. The topological polar surface area (TPSA) is 66.5 Å². The number of nitrogens with one attached hydrogen (secondary N) is 1. The summed E-state index contributed by atoms with van der Waals surface area (Å²) in [5.41, 5.74) is 2.60. The fourth-order valence-electron chi connectivity index (χ4n) is 2.79. The Morgan fingerprint density at radius 1 is 1.15 bits per heavy atom. The van der Waals surface area contributed by atoms with Crippen molar-refractivity contribution in [1.82, 2.24) is 9.62 Å². The smallest absolute Gasteiger partial charge is 0.254 e. The van der Waals surface area contributed by atoms with Crippen molar-refractivity contribution in [3.8, 4) is 0 Å². The summed E-state index contributed by atoms with van der Waals surface area (Å²) in [6.45, 7) is 4.99. The molecule has 0 atom stereocenters. The highest BCUT2D eigenvalue weighted by molar-refractivity contribution is 7.89. The maximum Gasteiger partial charge on any atom is 0.254 e. The molecule has 0 saturated heterocycles. The molecule has 1 saturated carbocycles. The second kappa shape index (κ2) is 7.60. The zero-order chi connectivity index (χ0) is 18.7. The molecule has 1 aliphatic rings. The Balaban J connectivity index is 1.81. The summed E-state index contributed by atoms with van der Waals surface area (Å²) in [5, 5.41) is 0. The van der Waals surface area contributed by atoms with Gasteiger partial charge in [0.15, 0.2) is 0 Å². The minimum absolute atomic E-state index is 0.0348. The van der Waals surface area contributed by atoms with E-state index in [1.54, 1.807) is 17.0 Å². The van der Waals surface area contributed by atoms with E-state index in [1.807, 2.05) is 38.1 Å². The lowest BCUT2D eigenvalue weighted by molar-refractivity contribution is 0.0752. The maximum atomic E-state index is 12.9. The van der Waals surface area contributed by atoms with Gasteiger partial charge in [-0.3, -0.25) is 4.79 Å². The predicted octanol–water partition coefficient (Wildman–Crippen LogP) is 3.10. The number of rotatable bonds is 7. The number of hydrogen-bond acceptors (Lipinski definition) is 3. The first-order valence-corrected chi connectivity index (χ1v) is 10.3. The molecule has 1 N–H and O–H groups in total. The second-order valence-electron chi connectivity index (χ2n) is 6.67. The summed E-state index contributed by atoms with van der Waals surface area (Å²) in [6, 6.07) is 14.3. The zero-order valence-corrected chi connectivity index (χ0v) is 15.9. The Morgan fingerprint density at radius 2 is 1.88 bits per heavy atom. The van der Waals surface area contributed by atoms with E-state index in [0.717, 1.165) is 24.0 Å². The Kier molecular flexibility index (Phi) is 5.44. The van der Waals surface area contributed by atoms with Crippen molar-refractivity contribution < 1.29 is 13.2 Å². The number of amides is 1. The third-order valence-electron chi connectivity index (χ3n) is 4.58. The summed E-state index contributed by atoms with van der Waals surface area (Å²) < 4.78 is 27.4. The van der Waals surface area contributed by atoms with E-state index in [2.05, 4.69) is 4.72 Å². The average molecular weight is 372 g/mol. The Hall–Kier alpha value is -2.18. The Labute approximate surface area is 155 Å². The number of hydrogen-bond donors (Lipinski definition) is 1. The molecule has 3 rings (SSSR count). The van der Waals surface area contributed by atoms with Gasteiger partial charge in [0, 0.05) is 24.7 Å². The van der Waals surface area contributed by atoms with Crippen LogP contribution < -0.4 is 4.72 Å². The van der Waals surface area contributed by atoms with E-state index in [-0.39, 0.29) is 16.8 Å². The molecule has 0 heterocycles. The lowest BCUT2D eigenvalue weighted by Gasteiger charge is -2.22. The van der Waals surface area contributed by atoms with Crippen LogP contribution in [0.25, 0.3) is 0 Å². The van der Waals surface area contributed by atoms with Crippen LogP contribution in [0.15, 0.2) is 53.4 Å². The molecular weight excluding hydrogens is 348 g/mol. The summed E-state index contributed by atoms with van der Waals surface area (Å²) in [4.78, 5) is 14.8. The number of benzene rings is 2. The van der Waals surface area contributed by atoms with Gasteiger partial charge in [0.1, 0.15) is 0 Å². The van der Waals surface area contributed by atoms with Crippen molar-refractivity contribution >= 4 is 15.9 Å². The van der Waals surface area contributed by atoms with E-state index in [1.165, 1.54) is 12.1 Å². The second-order valence-corrected chi connectivity index (χ2v) is 8.38. The minimum atomic E-state index is -3.57. The molecule has 0 bridgehead atoms. The van der Waals surface area contributed by atoms with Gasteiger partial charge in [0.05, 0.1) is 4.90 Å². The van der Waals surface area contributed by atoms with Crippen LogP contribution in [0.4, 0.5) is 0 Å². The molecule has 1 amide bonds. The van der Waals surface area contributed by atoms with Crippen LogP contribution in [0, 0.1) is 6.92 Å². The first-order valence-electron chi connectivity index (χ1n) is 8.87. The average Bonchev–Trinajstić information content (AvgIpc) is 3.44. The highest BCUT2D eigenvalue weighted by Crippen LogP contribution is 2.23. The molecule has 1 fully saturated rings. The summed E-state index contributed by atoms with van der Waals surface area (Å²) in [7, 11) is -3.57. The molecule has 6 heteroatoms. The standard InChI is InChI=1S/C20H24N2O3S/c1-3-22(14-17-8-5-4-7-15(17)2)20(23)16-9-6-10-19(13-16)26(24,25)21-18-11-12-18/h4-10,13,18,21H,3,11-12,14H2,1-2H3. The highest BCUT2D eigenvalue weighted by Gasteiger charge is 2.28. The van der Waals surface area contributed by atoms with Gasteiger partial charge in [-0.25, -0.2) is 13.1 Å². The Morgan fingerprint density at radius 3 is 2.54 bits per heavy atom. The van der Waals surface area contributed by atoms with Gasteiger partial charge in [-0.05, 0) is 56.0 Å². The number of carbonyl (C=O) groups is 1. The third-order valence-corrected chi connectivity index (χ3v) is 6.10. The van der Waals surface area contributed by atoms with Crippen molar-refractivity contribution in [2.24, 2.45) is 0 Å². The van der Waals surface area contributed by atoms with Crippen LogP contribution in [0.3, 0.4) is 0 Å². The van der Waals surface area contributed by atoms with Crippen molar-refractivity contribution in [1.29, 1.82) is 0 Å². The molecule has 5 nitrogen and oxygen atoms in total. The lowest BCUT2D eigenvalue weighted by Crippen LogP contribution is -2.31. The molecule has 0 radical (unpaired) electrons. The van der Waals surface area contributed by atoms with Crippen LogP contribution in [0.1, 0.15) is 41.3 Å². The lowest BCUT2D eigenvalue weighted by atomic mass is 10.1. The van der Waals surface area contributed by atoms with Gasteiger partial charge in [0.25, 0.3) is 5.91 Å². The van der Waals surface area contributed by atoms with E-state index >= 15 is 0 Å². The van der Waals surface area contributed by atoms with E-state index in [9.17, 15) is 13.2 Å². The zero-order valence-electron chi connectivity index (χ0n) is 15.1. The molecule has 2 aromatic carbocycles. The highest BCUT2D eigenvalue weighted by atomic mass is 32.2. The number of carbonyl (C=O) groups excluding carboxylic acids is 1. The first-order chi connectivity index (χ1) is 12.4. The Bertz CT molecular complexity index is 905. The predicted molar refractivity (Wildman–Crippen MR) is 101 cm³/mol. The molecule has 1 aliphatic carbocycles. The molecule has 0 unspecified atom stereocenters. The van der Waals surface area contributed by atoms with Gasteiger partial charge >= 0.3 is 0 Å². The normalized spacial score (nSPS) is 14.2. The van der Waals surface area contributed by atoms with Gasteiger partial charge in [-0.1, -0.05) is 30.3 Å². The van der Waals surface area contributed by atoms with E-state index in [0.29, 0.717) is 18.7 Å². The van der Waals surface area contributed by atoms with Crippen molar-refractivity contribution in [2.45, 2.75) is 44.2 Å². The third kappa shape index (κ3) is 4.31. The van der Waals surface area contributed by atoms with Crippen LogP contribution in [-0.4, -0.2) is 31.8 Å².